The first-order valence-electron chi connectivity index (χ1n) is 17.3. The fourth-order valence-electron chi connectivity index (χ4n) is 7.98. The molecule has 3 heterocycles. The van der Waals surface area contributed by atoms with Crippen molar-refractivity contribution in [3.63, 3.8) is 0 Å². The molecule has 0 spiro atoms. The van der Waals surface area contributed by atoms with Crippen molar-refractivity contribution in [1.29, 1.82) is 0 Å². The van der Waals surface area contributed by atoms with Gasteiger partial charge in [-0.05, 0) is 68.2 Å². The summed E-state index contributed by atoms with van der Waals surface area (Å²) in [6, 6.07) is 60.2. The zero-order valence-electron chi connectivity index (χ0n) is 27.5. The summed E-state index contributed by atoms with van der Waals surface area (Å²) in [4.78, 5) is 10.6. The number of hydrogen-bond donors (Lipinski definition) is 0. The Morgan fingerprint density at radius 3 is 1.53 bits per heavy atom. The molecule has 3 nitrogen and oxygen atoms in total. The minimum Gasteiger partial charge on any atom is -0.455 e. The zero-order chi connectivity index (χ0) is 33.5. The Labute approximate surface area is 293 Å². The van der Waals surface area contributed by atoms with E-state index in [1.165, 1.54) is 32.3 Å². The predicted octanol–water partition coefficient (Wildman–Crippen LogP) is 13.1. The molecule has 11 rings (SSSR count). The van der Waals surface area contributed by atoms with Crippen molar-refractivity contribution in [3.05, 3.63) is 170 Å². The van der Waals surface area contributed by atoms with Gasteiger partial charge in [0.2, 0.25) is 0 Å². The van der Waals surface area contributed by atoms with Gasteiger partial charge >= 0.3 is 0 Å². The van der Waals surface area contributed by atoms with Crippen LogP contribution < -0.4 is 0 Å². The van der Waals surface area contributed by atoms with Crippen LogP contribution in [-0.4, -0.2) is 9.97 Å². The van der Waals surface area contributed by atoms with Crippen LogP contribution in [0.3, 0.4) is 0 Å². The topological polar surface area (TPSA) is 38.9 Å². The summed E-state index contributed by atoms with van der Waals surface area (Å²) in [6.07, 6.45) is 0. The maximum absolute atomic E-state index is 6.38. The number of hydrogen-bond acceptors (Lipinski definition) is 3. The lowest BCUT2D eigenvalue weighted by Crippen LogP contribution is -1.92. The standard InChI is InChI=1S/C48H28N2O/c1-2-13-37-35(11-1)36-12-3-4-14-38(36)42-28-33(21-24-39(37)42)44-26-23-30-20-19-29-22-25-43(49-46(29)47(30)50-44)32-10-7-9-31(27-32)34-16-8-17-41-40-15-5-6-18-45(40)51-48(34)41/h1-28H. The Hall–Kier alpha value is -6.84. The van der Waals surface area contributed by atoms with E-state index in [4.69, 9.17) is 14.4 Å². The molecule has 0 saturated heterocycles. The van der Waals surface area contributed by atoms with Gasteiger partial charge in [-0.25, -0.2) is 9.97 Å². The third-order valence-electron chi connectivity index (χ3n) is 10.4. The van der Waals surface area contributed by atoms with Crippen molar-refractivity contribution in [2.24, 2.45) is 0 Å². The number of fused-ring (bicyclic) bond motifs is 12. The lowest BCUT2D eigenvalue weighted by atomic mass is 9.93. The second-order valence-corrected chi connectivity index (χ2v) is 13.3. The van der Waals surface area contributed by atoms with E-state index in [0.717, 1.165) is 77.4 Å². The van der Waals surface area contributed by atoms with E-state index in [2.05, 4.69) is 158 Å². The SMILES string of the molecule is c1cc(-c2ccc3ccc4ccc(-c5ccc6c7ccccc7c7ccccc7c6c5)nc4c3n2)cc(-c2cccc3c2oc2ccccc23)c1. The van der Waals surface area contributed by atoms with Gasteiger partial charge in [0.25, 0.3) is 0 Å². The van der Waals surface area contributed by atoms with Gasteiger partial charge in [-0.1, -0.05) is 140 Å². The Morgan fingerprint density at radius 1 is 0.333 bits per heavy atom. The van der Waals surface area contributed by atoms with Crippen molar-refractivity contribution in [3.8, 4) is 33.6 Å². The second kappa shape index (κ2) is 10.8. The molecular weight excluding hydrogens is 621 g/mol. The van der Waals surface area contributed by atoms with Crippen LogP contribution in [0.1, 0.15) is 0 Å². The van der Waals surface area contributed by atoms with Crippen LogP contribution in [0.4, 0.5) is 0 Å². The Morgan fingerprint density at radius 2 is 0.843 bits per heavy atom. The van der Waals surface area contributed by atoms with E-state index in [-0.39, 0.29) is 0 Å². The quantitative estimate of drug-likeness (QED) is 0.179. The summed E-state index contributed by atoms with van der Waals surface area (Å²) in [6.45, 7) is 0. The number of rotatable bonds is 3. The van der Waals surface area contributed by atoms with Crippen LogP contribution in [0.2, 0.25) is 0 Å². The lowest BCUT2D eigenvalue weighted by molar-refractivity contribution is 0.670. The summed E-state index contributed by atoms with van der Waals surface area (Å²) in [5.41, 5.74) is 9.74. The number of nitrogens with zero attached hydrogens (tertiary/aromatic N) is 2. The molecule has 0 aliphatic heterocycles. The molecule has 3 heteroatoms. The molecular formula is C48H28N2O. The molecule has 0 saturated carbocycles. The lowest BCUT2D eigenvalue weighted by Gasteiger charge is -2.12. The first-order chi connectivity index (χ1) is 25.3. The number of para-hydroxylation sites is 2. The molecule has 236 valence electrons. The predicted molar refractivity (Wildman–Crippen MR) is 213 cm³/mol. The van der Waals surface area contributed by atoms with E-state index in [1.807, 2.05) is 12.1 Å². The van der Waals surface area contributed by atoms with Gasteiger partial charge in [-0.15, -0.1) is 0 Å². The van der Waals surface area contributed by atoms with Crippen molar-refractivity contribution >= 4 is 76.1 Å². The van der Waals surface area contributed by atoms with Crippen LogP contribution in [0.5, 0.6) is 0 Å². The van der Waals surface area contributed by atoms with E-state index < -0.39 is 0 Å². The molecule has 0 aliphatic rings. The Bertz CT molecular complexity index is 3170. The van der Waals surface area contributed by atoms with Gasteiger partial charge < -0.3 is 4.42 Å². The summed E-state index contributed by atoms with van der Waals surface area (Å²) in [5.74, 6) is 0. The van der Waals surface area contributed by atoms with Gasteiger partial charge in [-0.3, -0.25) is 0 Å². The third kappa shape index (κ3) is 4.32. The molecule has 0 N–H and O–H groups in total. The highest BCUT2D eigenvalue weighted by Gasteiger charge is 2.15. The van der Waals surface area contributed by atoms with Crippen molar-refractivity contribution in [2.45, 2.75) is 0 Å². The molecule has 0 aliphatic carbocycles. The highest BCUT2D eigenvalue weighted by molar-refractivity contribution is 6.25. The number of furan rings is 1. The van der Waals surface area contributed by atoms with Crippen molar-refractivity contribution in [1.82, 2.24) is 9.97 Å². The summed E-state index contributed by atoms with van der Waals surface area (Å²) in [5, 5.41) is 11.9. The monoisotopic (exact) mass is 648 g/mol. The van der Waals surface area contributed by atoms with Gasteiger partial charge in [0.1, 0.15) is 11.2 Å². The number of benzene rings is 8. The van der Waals surface area contributed by atoms with Crippen LogP contribution in [0.15, 0.2) is 174 Å². The third-order valence-corrected chi connectivity index (χ3v) is 10.4. The summed E-state index contributed by atoms with van der Waals surface area (Å²) >= 11 is 0. The number of aromatic nitrogens is 2. The molecule has 8 aromatic carbocycles. The van der Waals surface area contributed by atoms with Crippen molar-refractivity contribution < 1.29 is 4.42 Å². The minimum atomic E-state index is 0.897. The molecule has 0 bridgehead atoms. The van der Waals surface area contributed by atoms with Crippen LogP contribution in [0.25, 0.3) is 110 Å². The molecule has 0 amide bonds. The normalized spacial score (nSPS) is 11.9. The fraction of sp³-hybridized carbons (Fsp3) is 0. The molecule has 3 aromatic heterocycles. The van der Waals surface area contributed by atoms with Gasteiger partial charge in [0.05, 0.1) is 22.4 Å². The first kappa shape index (κ1) is 28.0. The largest absolute Gasteiger partial charge is 0.455 e. The van der Waals surface area contributed by atoms with Gasteiger partial charge in [0, 0.05) is 38.2 Å². The smallest absolute Gasteiger partial charge is 0.143 e. The average molecular weight is 649 g/mol. The van der Waals surface area contributed by atoms with E-state index >= 15 is 0 Å². The summed E-state index contributed by atoms with van der Waals surface area (Å²) < 4.78 is 6.38. The molecule has 0 radical (unpaired) electrons. The average Bonchev–Trinajstić information content (AvgIpc) is 3.59. The van der Waals surface area contributed by atoms with Crippen LogP contribution in [-0.2, 0) is 0 Å². The number of pyridine rings is 2. The zero-order valence-corrected chi connectivity index (χ0v) is 27.5. The second-order valence-electron chi connectivity index (χ2n) is 13.3. The molecule has 0 atom stereocenters. The molecule has 51 heavy (non-hydrogen) atoms. The Balaban J connectivity index is 1.05. The highest BCUT2D eigenvalue weighted by Crippen LogP contribution is 2.39. The van der Waals surface area contributed by atoms with Crippen molar-refractivity contribution in [2.75, 3.05) is 0 Å². The summed E-state index contributed by atoms with van der Waals surface area (Å²) in [7, 11) is 0. The molecule has 11 aromatic rings. The fourth-order valence-corrected chi connectivity index (χ4v) is 7.98. The minimum absolute atomic E-state index is 0.897. The first-order valence-corrected chi connectivity index (χ1v) is 17.3. The highest BCUT2D eigenvalue weighted by atomic mass is 16.3. The maximum atomic E-state index is 6.38. The van der Waals surface area contributed by atoms with E-state index in [1.54, 1.807) is 0 Å². The van der Waals surface area contributed by atoms with Gasteiger partial charge in [0.15, 0.2) is 0 Å². The van der Waals surface area contributed by atoms with E-state index in [0.29, 0.717) is 0 Å². The van der Waals surface area contributed by atoms with Gasteiger partial charge in [-0.2, -0.15) is 0 Å². The van der Waals surface area contributed by atoms with Crippen LogP contribution >= 0.6 is 0 Å². The van der Waals surface area contributed by atoms with Crippen LogP contribution in [0, 0.1) is 0 Å². The molecule has 0 fully saturated rings. The maximum Gasteiger partial charge on any atom is 0.143 e. The Kier molecular flexibility index (Phi) is 5.96. The molecule has 0 unspecified atom stereocenters. The van der Waals surface area contributed by atoms with E-state index in [9.17, 15) is 0 Å².